The van der Waals surface area contributed by atoms with Crippen LogP contribution in [0.1, 0.15) is 31.5 Å². The molecule has 2 aliphatic heterocycles. The molecule has 2 fully saturated rings. The van der Waals surface area contributed by atoms with Crippen molar-refractivity contribution in [2.45, 2.75) is 45.0 Å². The standard InChI is InChI=1S/C27H34ClF3N6O3/c1-15-23(22(16(2)32)17(3)38)34-24(20-9-19(5-6-21(20)28)40-11-18(39)10-33-4)35-25(15)36-12-26(13-36)7-8-37(26)14-27(29,30)31/h5-6,9,18,32-33,38-39H,7-8,10-14H2,1-4H3/b22-17+,32-16?/t18-/m1/s1. The summed E-state index contributed by atoms with van der Waals surface area (Å²) in [4.78, 5) is 12.8. The predicted molar refractivity (Wildman–Crippen MR) is 148 cm³/mol. The molecule has 4 rings (SSSR count). The number of allylic oxidation sites excluding steroid dienone is 2. The number of alkyl halides is 3. The SMILES string of the molecule is CNC[C@@H](O)COc1ccc(Cl)c(-c2nc(/C(C(C)=N)=C(\C)O)c(C)c(N3CC4(CCN4CC(F)(F)F)C3)n2)c1. The Hall–Kier alpha value is -2.93. The van der Waals surface area contributed by atoms with E-state index in [1.165, 1.54) is 18.7 Å². The van der Waals surface area contributed by atoms with E-state index in [4.69, 9.17) is 31.7 Å². The zero-order chi connectivity index (χ0) is 29.4. The van der Waals surface area contributed by atoms with Gasteiger partial charge in [-0.05, 0) is 52.4 Å². The molecule has 1 atom stereocenters. The fourth-order valence-electron chi connectivity index (χ4n) is 5.27. The monoisotopic (exact) mass is 582 g/mol. The predicted octanol–water partition coefficient (Wildman–Crippen LogP) is 4.22. The van der Waals surface area contributed by atoms with Crippen LogP contribution in [0.5, 0.6) is 5.75 Å². The number of nitrogens with zero attached hydrogens (tertiary/aromatic N) is 4. The lowest BCUT2D eigenvalue weighted by Crippen LogP contribution is -2.78. The normalized spacial score (nSPS) is 18.2. The number of likely N-dealkylation sites (N-methyl/N-ethyl adjacent to an activating group) is 1. The summed E-state index contributed by atoms with van der Waals surface area (Å²) < 4.78 is 45.0. The maximum absolute atomic E-state index is 13.1. The number of anilines is 1. The molecule has 9 nitrogen and oxygen atoms in total. The fourth-order valence-corrected chi connectivity index (χ4v) is 5.47. The third-order valence-corrected chi connectivity index (χ3v) is 7.64. The third kappa shape index (κ3) is 6.19. The minimum atomic E-state index is -4.27. The first-order valence-electron chi connectivity index (χ1n) is 12.9. The van der Waals surface area contributed by atoms with Crippen LogP contribution in [0.3, 0.4) is 0 Å². The van der Waals surface area contributed by atoms with Crippen LogP contribution in [0.4, 0.5) is 19.0 Å². The minimum Gasteiger partial charge on any atom is -0.512 e. The van der Waals surface area contributed by atoms with Gasteiger partial charge in [0.25, 0.3) is 0 Å². The second-order valence-corrected chi connectivity index (χ2v) is 10.9. The second-order valence-electron chi connectivity index (χ2n) is 10.5. The molecular weight excluding hydrogens is 549 g/mol. The van der Waals surface area contributed by atoms with Gasteiger partial charge < -0.3 is 30.6 Å². The lowest BCUT2D eigenvalue weighted by atomic mass is 9.77. The molecule has 2 aliphatic rings. The molecule has 1 spiro atoms. The van der Waals surface area contributed by atoms with Crippen molar-refractivity contribution in [2.24, 2.45) is 0 Å². The molecule has 0 amide bonds. The lowest BCUT2D eigenvalue weighted by molar-refractivity contribution is -0.182. The summed E-state index contributed by atoms with van der Waals surface area (Å²) in [5.41, 5.74) is 1.13. The number of likely N-dealkylation sites (tertiary alicyclic amines) is 1. The van der Waals surface area contributed by atoms with Crippen molar-refractivity contribution in [3.8, 4) is 17.1 Å². The van der Waals surface area contributed by atoms with E-state index in [0.29, 0.717) is 66.0 Å². The molecule has 0 radical (unpaired) electrons. The van der Waals surface area contributed by atoms with E-state index in [2.05, 4.69) is 5.32 Å². The van der Waals surface area contributed by atoms with Crippen LogP contribution < -0.4 is 15.0 Å². The van der Waals surface area contributed by atoms with Gasteiger partial charge in [0.05, 0.1) is 28.4 Å². The van der Waals surface area contributed by atoms with Crippen molar-refractivity contribution in [2.75, 3.05) is 51.3 Å². The van der Waals surface area contributed by atoms with Gasteiger partial charge in [0.15, 0.2) is 5.82 Å². The van der Waals surface area contributed by atoms with Crippen molar-refractivity contribution >= 4 is 28.7 Å². The first kappa shape index (κ1) is 30.0. The molecule has 1 aromatic carbocycles. The number of hydrogen-bond donors (Lipinski definition) is 4. The maximum atomic E-state index is 13.1. The first-order valence-corrected chi connectivity index (χ1v) is 13.3. The summed E-state index contributed by atoms with van der Waals surface area (Å²) >= 11 is 6.55. The highest BCUT2D eigenvalue weighted by atomic mass is 35.5. The lowest BCUT2D eigenvalue weighted by Gasteiger charge is -2.63. The van der Waals surface area contributed by atoms with Crippen LogP contribution in [0.2, 0.25) is 5.02 Å². The maximum Gasteiger partial charge on any atom is 0.401 e. The smallest absolute Gasteiger partial charge is 0.401 e. The van der Waals surface area contributed by atoms with Crippen LogP contribution in [0.15, 0.2) is 24.0 Å². The van der Waals surface area contributed by atoms with Gasteiger partial charge in [-0.15, -0.1) is 0 Å². The quantitative estimate of drug-likeness (QED) is 0.243. The van der Waals surface area contributed by atoms with E-state index in [1.54, 1.807) is 32.2 Å². The van der Waals surface area contributed by atoms with E-state index >= 15 is 0 Å². The van der Waals surface area contributed by atoms with Crippen LogP contribution >= 0.6 is 11.6 Å². The summed E-state index contributed by atoms with van der Waals surface area (Å²) in [5.74, 6) is 1.04. The molecule has 40 heavy (non-hydrogen) atoms. The Kier molecular flexibility index (Phi) is 8.65. The molecule has 4 N–H and O–H groups in total. The Morgan fingerprint density at radius 3 is 2.52 bits per heavy atom. The molecular formula is C27H34ClF3N6O3. The van der Waals surface area contributed by atoms with E-state index in [0.717, 1.165) is 0 Å². The van der Waals surface area contributed by atoms with Gasteiger partial charge in [-0.25, -0.2) is 9.97 Å². The largest absolute Gasteiger partial charge is 0.512 e. The van der Waals surface area contributed by atoms with Crippen molar-refractivity contribution in [3.63, 3.8) is 0 Å². The van der Waals surface area contributed by atoms with Crippen LogP contribution in [-0.2, 0) is 0 Å². The molecule has 0 aliphatic carbocycles. The molecule has 1 aromatic heterocycles. The summed E-state index contributed by atoms with van der Waals surface area (Å²) in [7, 11) is 1.72. The Labute approximate surface area is 236 Å². The van der Waals surface area contributed by atoms with Gasteiger partial charge in [-0.2, -0.15) is 13.2 Å². The Bertz CT molecular complexity index is 1310. The third-order valence-electron chi connectivity index (χ3n) is 7.31. The second kappa shape index (κ2) is 11.5. The topological polar surface area (TPSA) is 118 Å². The Balaban J connectivity index is 1.73. The molecule has 13 heteroatoms. The Morgan fingerprint density at radius 1 is 1.27 bits per heavy atom. The van der Waals surface area contributed by atoms with Crippen LogP contribution in [-0.4, -0.2) is 95.0 Å². The molecule has 218 valence electrons. The van der Waals surface area contributed by atoms with E-state index < -0.39 is 24.4 Å². The molecule has 2 saturated heterocycles. The minimum absolute atomic E-state index is 0.0427. The van der Waals surface area contributed by atoms with Crippen molar-refractivity contribution in [1.29, 1.82) is 5.41 Å². The molecule has 2 aromatic rings. The first-order chi connectivity index (χ1) is 18.7. The highest BCUT2D eigenvalue weighted by Crippen LogP contribution is 2.44. The number of nitrogens with one attached hydrogen (secondary N) is 2. The zero-order valence-electron chi connectivity index (χ0n) is 22.9. The average Bonchev–Trinajstić information content (AvgIpc) is 2.82. The fraction of sp³-hybridized carbons (Fsp3) is 0.519. The summed E-state index contributed by atoms with van der Waals surface area (Å²) in [5, 5.41) is 31.9. The van der Waals surface area contributed by atoms with Gasteiger partial charge in [-0.3, -0.25) is 4.90 Å². The Morgan fingerprint density at radius 2 is 1.98 bits per heavy atom. The van der Waals surface area contributed by atoms with Gasteiger partial charge >= 0.3 is 6.18 Å². The van der Waals surface area contributed by atoms with Gasteiger partial charge in [0.2, 0.25) is 0 Å². The number of hydrogen-bond acceptors (Lipinski definition) is 9. The van der Waals surface area contributed by atoms with Gasteiger partial charge in [0, 0.05) is 43.0 Å². The number of benzene rings is 1. The van der Waals surface area contributed by atoms with Gasteiger partial charge in [0.1, 0.15) is 30.0 Å². The molecule has 0 unspecified atom stereocenters. The number of ether oxygens (including phenoxy) is 1. The van der Waals surface area contributed by atoms with Gasteiger partial charge in [-0.1, -0.05) is 11.6 Å². The summed E-state index contributed by atoms with van der Waals surface area (Å²) in [6.07, 6.45) is -4.34. The highest BCUT2D eigenvalue weighted by Gasteiger charge is 2.56. The molecule has 0 bridgehead atoms. The van der Waals surface area contributed by atoms with Crippen molar-refractivity contribution in [3.05, 3.63) is 40.2 Å². The molecule has 0 saturated carbocycles. The number of rotatable bonds is 10. The highest BCUT2D eigenvalue weighted by molar-refractivity contribution is 6.33. The number of halogens is 4. The van der Waals surface area contributed by atoms with Crippen LogP contribution in [0, 0.1) is 12.3 Å². The van der Waals surface area contributed by atoms with Crippen LogP contribution in [0.25, 0.3) is 17.0 Å². The number of aliphatic hydroxyl groups excluding tert-OH is 2. The zero-order valence-corrected chi connectivity index (χ0v) is 23.6. The van der Waals surface area contributed by atoms with E-state index in [1.807, 2.05) is 4.90 Å². The molecule has 3 heterocycles. The number of aliphatic hydroxyl groups is 2. The van der Waals surface area contributed by atoms with E-state index in [-0.39, 0.29) is 29.5 Å². The summed E-state index contributed by atoms with van der Waals surface area (Å²) in [6.45, 7) is 5.33. The average molecular weight is 583 g/mol. The number of aromatic nitrogens is 2. The summed E-state index contributed by atoms with van der Waals surface area (Å²) in [6, 6.07) is 4.93. The van der Waals surface area contributed by atoms with E-state index in [9.17, 15) is 23.4 Å². The van der Waals surface area contributed by atoms with Crippen molar-refractivity contribution < 1.29 is 28.1 Å². The van der Waals surface area contributed by atoms with Crippen molar-refractivity contribution in [1.82, 2.24) is 20.2 Å².